The maximum atomic E-state index is 10.8. The SMILES string of the molecule is N#Cc1c(C#N)c(N2c3ccccc3OC3C=CC=CC32)c2[nH]c3c4ncnc4c4ncnc4c3[nH]c2c1-c1ccccc1. The number of nitrogens with one attached hydrogen (secondary N) is 2. The van der Waals surface area contributed by atoms with Gasteiger partial charge < -0.3 is 19.6 Å². The van der Waals surface area contributed by atoms with Crippen LogP contribution >= 0.6 is 0 Å². The van der Waals surface area contributed by atoms with Crippen molar-refractivity contribution in [2.75, 3.05) is 4.90 Å². The number of aromatic amines is 2. The van der Waals surface area contributed by atoms with Crippen LogP contribution in [0, 0.1) is 22.7 Å². The number of nitriles is 2. The Morgan fingerprint density at radius 3 is 2.05 bits per heavy atom. The van der Waals surface area contributed by atoms with Gasteiger partial charge in [0.1, 0.15) is 58.7 Å². The largest absolute Gasteiger partial charge is 0.482 e. The lowest BCUT2D eigenvalue weighted by Crippen LogP contribution is -2.46. The first-order valence-electron chi connectivity index (χ1n) is 14.0. The van der Waals surface area contributed by atoms with Gasteiger partial charge in [0, 0.05) is 5.56 Å². The molecule has 9 rings (SSSR count). The molecule has 2 atom stereocenters. The Bertz CT molecular complexity index is 2480. The number of H-pyrrole nitrogens is 2. The molecular weight excluding hydrogens is 550 g/mol. The van der Waals surface area contributed by atoms with Gasteiger partial charge in [0.25, 0.3) is 0 Å². The Hall–Kier alpha value is -6.52. The van der Waals surface area contributed by atoms with Crippen molar-refractivity contribution in [3.8, 4) is 29.0 Å². The van der Waals surface area contributed by atoms with E-state index in [0.29, 0.717) is 61.1 Å². The summed E-state index contributed by atoms with van der Waals surface area (Å²) in [5, 5.41) is 21.6. The summed E-state index contributed by atoms with van der Waals surface area (Å²) in [6.45, 7) is 0. The number of rotatable bonds is 2. The fourth-order valence-electron chi connectivity index (χ4n) is 6.56. The van der Waals surface area contributed by atoms with Crippen LogP contribution in [0.4, 0.5) is 11.4 Å². The Balaban J connectivity index is 1.52. The van der Waals surface area contributed by atoms with Crippen LogP contribution in [0.15, 0.2) is 91.6 Å². The van der Waals surface area contributed by atoms with E-state index in [-0.39, 0.29) is 23.3 Å². The van der Waals surface area contributed by atoms with Crippen LogP contribution in [0.3, 0.4) is 0 Å². The van der Waals surface area contributed by atoms with E-state index in [9.17, 15) is 10.5 Å². The second kappa shape index (κ2) is 8.99. The molecule has 10 nitrogen and oxygen atoms in total. The lowest BCUT2D eigenvalue weighted by molar-refractivity contribution is 0.218. The minimum absolute atomic E-state index is 0.250. The van der Waals surface area contributed by atoms with E-state index in [0.717, 1.165) is 11.3 Å². The molecule has 0 radical (unpaired) electrons. The number of allylic oxidation sites excluding steroid dienone is 2. The number of hydrogen-bond acceptors (Lipinski definition) is 8. The van der Waals surface area contributed by atoms with E-state index in [1.807, 2.05) is 72.8 Å². The third kappa shape index (κ3) is 3.16. The van der Waals surface area contributed by atoms with Gasteiger partial charge in [-0.05, 0) is 23.8 Å². The molecule has 7 aromatic rings. The number of anilines is 2. The molecule has 0 amide bonds. The molecule has 0 spiro atoms. The van der Waals surface area contributed by atoms with Gasteiger partial charge in [-0.3, -0.25) is 0 Å². The fourth-order valence-corrected chi connectivity index (χ4v) is 6.56. The molecule has 206 valence electrons. The summed E-state index contributed by atoms with van der Waals surface area (Å²) < 4.78 is 6.40. The third-order valence-electron chi connectivity index (χ3n) is 8.39. The molecule has 0 saturated carbocycles. The summed E-state index contributed by atoms with van der Waals surface area (Å²) in [6, 6.07) is 21.9. The fraction of sp³-hybridized carbons (Fsp3) is 0.0588. The molecule has 0 saturated heterocycles. The van der Waals surface area contributed by atoms with Crippen molar-refractivity contribution >= 4 is 55.5 Å². The average molecular weight is 570 g/mol. The highest BCUT2D eigenvalue weighted by atomic mass is 16.5. The van der Waals surface area contributed by atoms with Crippen molar-refractivity contribution in [1.82, 2.24) is 29.9 Å². The minimum atomic E-state index is -0.313. The summed E-state index contributed by atoms with van der Waals surface area (Å²) in [5.74, 6) is 0.680. The van der Waals surface area contributed by atoms with E-state index in [1.165, 1.54) is 12.7 Å². The quantitative estimate of drug-likeness (QED) is 0.230. The molecule has 2 unspecified atom stereocenters. The van der Waals surface area contributed by atoms with E-state index >= 15 is 0 Å². The number of nitrogens with zero attached hydrogens (tertiary/aromatic N) is 7. The predicted molar refractivity (Wildman–Crippen MR) is 166 cm³/mol. The van der Waals surface area contributed by atoms with Gasteiger partial charge in [-0.1, -0.05) is 60.7 Å². The molecule has 2 N–H and O–H groups in total. The van der Waals surface area contributed by atoms with Crippen LogP contribution in [0.25, 0.3) is 55.3 Å². The van der Waals surface area contributed by atoms with Crippen molar-refractivity contribution < 1.29 is 4.74 Å². The van der Waals surface area contributed by atoms with Crippen LogP contribution in [0.2, 0.25) is 0 Å². The molecule has 4 aromatic carbocycles. The molecule has 4 heterocycles. The van der Waals surface area contributed by atoms with Gasteiger partial charge in [0.05, 0.1) is 50.6 Å². The summed E-state index contributed by atoms with van der Waals surface area (Å²) >= 11 is 0. The summed E-state index contributed by atoms with van der Waals surface area (Å²) in [5.41, 5.74) is 8.41. The van der Waals surface area contributed by atoms with Crippen molar-refractivity contribution in [1.29, 1.82) is 10.5 Å². The molecule has 44 heavy (non-hydrogen) atoms. The van der Waals surface area contributed by atoms with Crippen molar-refractivity contribution in [3.05, 3.63) is 103 Å². The lowest BCUT2D eigenvalue weighted by atomic mass is 9.90. The Morgan fingerprint density at radius 2 is 1.32 bits per heavy atom. The topological polar surface area (TPSA) is 143 Å². The first-order valence-corrected chi connectivity index (χ1v) is 14.0. The minimum Gasteiger partial charge on any atom is -0.482 e. The molecule has 2 aliphatic rings. The smallest absolute Gasteiger partial charge is 0.144 e. The van der Waals surface area contributed by atoms with Gasteiger partial charge in [0.2, 0.25) is 0 Å². The number of fused-ring (bicyclic) bond motifs is 9. The highest BCUT2D eigenvalue weighted by molar-refractivity contribution is 6.20. The number of benzene rings is 4. The van der Waals surface area contributed by atoms with Crippen molar-refractivity contribution in [2.24, 2.45) is 0 Å². The normalized spacial score (nSPS) is 17.0. The van der Waals surface area contributed by atoms with E-state index in [1.54, 1.807) is 0 Å². The van der Waals surface area contributed by atoms with E-state index in [2.05, 4.69) is 53.0 Å². The predicted octanol–water partition coefficient (Wildman–Crippen LogP) is 6.34. The van der Waals surface area contributed by atoms with Gasteiger partial charge in [-0.15, -0.1) is 0 Å². The number of para-hydroxylation sites is 2. The second-order valence-corrected chi connectivity index (χ2v) is 10.6. The number of hydrogen-bond donors (Lipinski definition) is 2. The monoisotopic (exact) mass is 569 g/mol. The van der Waals surface area contributed by atoms with Crippen LogP contribution in [-0.4, -0.2) is 42.0 Å². The van der Waals surface area contributed by atoms with Crippen LogP contribution < -0.4 is 9.64 Å². The molecule has 3 aromatic heterocycles. The maximum absolute atomic E-state index is 10.8. The highest BCUT2D eigenvalue weighted by Gasteiger charge is 2.38. The average Bonchev–Trinajstić information content (AvgIpc) is 3.77. The van der Waals surface area contributed by atoms with Gasteiger partial charge >= 0.3 is 0 Å². The van der Waals surface area contributed by atoms with Crippen molar-refractivity contribution in [3.63, 3.8) is 0 Å². The standard InChI is InChI=1S/C34H19N9O/c35-14-19-20(15-36)34(43-21-10-4-6-12-23(21)44-24-13-7-5-11-22(24)43)33-26(25(19)18-8-2-1-3-9-18)41-31-29-27(37-16-39-29)28-30(32(31)42-33)40-17-38-28/h1-13,16-17,21,23,41-42H. The van der Waals surface area contributed by atoms with Gasteiger partial charge in [-0.2, -0.15) is 10.5 Å². The molecule has 0 fully saturated rings. The summed E-state index contributed by atoms with van der Waals surface area (Å²) in [4.78, 5) is 27.5. The van der Waals surface area contributed by atoms with Gasteiger partial charge in [0.15, 0.2) is 0 Å². The number of ether oxygens (including phenoxy) is 1. The zero-order valence-corrected chi connectivity index (χ0v) is 22.9. The van der Waals surface area contributed by atoms with Crippen molar-refractivity contribution in [2.45, 2.75) is 12.1 Å². The number of imidazole rings is 2. The molecule has 0 bridgehead atoms. The van der Waals surface area contributed by atoms with Crippen LogP contribution in [0.5, 0.6) is 5.75 Å². The zero-order chi connectivity index (χ0) is 29.4. The maximum Gasteiger partial charge on any atom is 0.144 e. The van der Waals surface area contributed by atoms with E-state index in [4.69, 9.17) is 4.74 Å². The second-order valence-electron chi connectivity index (χ2n) is 10.6. The van der Waals surface area contributed by atoms with Crippen LogP contribution in [-0.2, 0) is 0 Å². The molecule has 1 aliphatic heterocycles. The Kier molecular flexibility index (Phi) is 4.93. The third-order valence-corrected chi connectivity index (χ3v) is 8.39. The first kappa shape index (κ1) is 24.1. The zero-order valence-electron chi connectivity index (χ0n) is 22.9. The molecule has 10 heteroatoms. The molecular formula is C34H19N9O. The van der Waals surface area contributed by atoms with Crippen LogP contribution in [0.1, 0.15) is 11.1 Å². The number of aromatic nitrogens is 6. The Morgan fingerprint density at radius 1 is 0.682 bits per heavy atom. The first-order chi connectivity index (χ1) is 21.8. The van der Waals surface area contributed by atoms with E-state index < -0.39 is 0 Å². The Labute approximate surface area is 249 Å². The molecule has 1 aliphatic carbocycles. The van der Waals surface area contributed by atoms with Gasteiger partial charge in [-0.25, -0.2) is 19.9 Å². The highest BCUT2D eigenvalue weighted by Crippen LogP contribution is 2.49. The summed E-state index contributed by atoms with van der Waals surface area (Å²) in [6.07, 6.45) is 10.7. The lowest BCUT2D eigenvalue weighted by Gasteiger charge is -2.43. The summed E-state index contributed by atoms with van der Waals surface area (Å²) in [7, 11) is 0.